The molecule has 4 aliphatic rings. The molecule has 1 aromatic carbocycles. The Morgan fingerprint density at radius 3 is 2.18 bits per heavy atom. The number of methoxy groups -OCH3 is 1. The van der Waals surface area contributed by atoms with E-state index in [0.717, 1.165) is 24.3 Å². The van der Waals surface area contributed by atoms with Crippen molar-refractivity contribution in [2.24, 2.45) is 0 Å². The van der Waals surface area contributed by atoms with Crippen molar-refractivity contribution in [3.63, 3.8) is 0 Å². The third-order valence-electron chi connectivity index (χ3n) is 8.92. The molecule has 2 aliphatic heterocycles. The van der Waals surface area contributed by atoms with Crippen LogP contribution in [0.25, 0.3) is 0 Å². The Balaban J connectivity index is 0.000000630. The van der Waals surface area contributed by atoms with Gasteiger partial charge in [-0.2, -0.15) is 0 Å². The Morgan fingerprint density at radius 2 is 1.64 bits per heavy atom. The molecule has 1 fully saturated rings. The Kier molecular flexibility index (Phi) is 9.55. The first-order chi connectivity index (χ1) is 17.8. The quantitative estimate of drug-likeness (QED) is 0.309. The van der Waals surface area contributed by atoms with Gasteiger partial charge >= 0.3 is 0 Å². The van der Waals surface area contributed by atoms with Gasteiger partial charge in [0, 0.05) is 47.3 Å². The molecule has 0 spiro atoms. The molecule has 4 nitrogen and oxygen atoms in total. The second-order valence-corrected chi connectivity index (χ2v) is 23.2. The van der Waals surface area contributed by atoms with E-state index < -0.39 is 16.4 Å². The van der Waals surface area contributed by atoms with Crippen molar-refractivity contribution in [2.75, 3.05) is 18.6 Å². The van der Waals surface area contributed by atoms with E-state index in [9.17, 15) is 4.79 Å². The summed E-state index contributed by atoms with van der Waals surface area (Å²) in [6, 6.07) is 8.63. The number of carbonyl (C=O) groups excluding carboxylic acids is 1. The second-order valence-electron chi connectivity index (χ2n) is 13.4. The Bertz CT molecular complexity index is 1190. The van der Waals surface area contributed by atoms with Crippen molar-refractivity contribution < 1.29 is 30.7 Å². The second kappa shape index (κ2) is 11.7. The summed E-state index contributed by atoms with van der Waals surface area (Å²) in [6.45, 7) is 19.5. The molecule has 0 aromatic heterocycles. The smallest absolute Gasteiger partial charge is 0.227 e. The number of fused-ring (bicyclic) bond motifs is 3. The van der Waals surface area contributed by atoms with E-state index in [-0.39, 0.29) is 39.2 Å². The summed E-state index contributed by atoms with van der Waals surface area (Å²) in [5.41, 5.74) is 3.41. The molecule has 1 saturated heterocycles. The van der Waals surface area contributed by atoms with Crippen LogP contribution in [0.1, 0.15) is 45.6 Å². The van der Waals surface area contributed by atoms with E-state index >= 15 is 0 Å². The van der Waals surface area contributed by atoms with Crippen molar-refractivity contribution >= 4 is 28.0 Å². The summed E-state index contributed by atoms with van der Waals surface area (Å²) in [5, 5.41) is 1.59. The van der Waals surface area contributed by atoms with Gasteiger partial charge in [-0.05, 0) is 59.4 Å². The molecule has 0 N–H and O–H groups in total. The summed E-state index contributed by atoms with van der Waals surface area (Å²) in [5.74, 6) is 1.27. The largest absolute Gasteiger partial charge is 0.497 e. The predicted octanol–water partition coefficient (Wildman–Crippen LogP) is 7.88. The molecule has 7 heteroatoms. The van der Waals surface area contributed by atoms with Crippen LogP contribution in [0.2, 0.25) is 37.8 Å². The van der Waals surface area contributed by atoms with Crippen LogP contribution in [0.15, 0.2) is 71.2 Å². The van der Waals surface area contributed by atoms with Crippen LogP contribution in [-0.2, 0) is 36.2 Å². The third kappa shape index (κ3) is 5.75. The van der Waals surface area contributed by atoms with Crippen molar-refractivity contribution in [1.82, 2.24) is 0 Å². The molecule has 1 amide bonds. The van der Waals surface area contributed by atoms with Crippen molar-refractivity contribution in [3.05, 3.63) is 83.2 Å². The molecular formula is C32H46CoNO3Si2. The van der Waals surface area contributed by atoms with Gasteiger partial charge in [0.15, 0.2) is 8.32 Å². The average Bonchev–Trinajstić information content (AvgIpc) is 3.50. The molecule has 0 bridgehead atoms. The van der Waals surface area contributed by atoms with Crippen LogP contribution >= 0.6 is 0 Å². The van der Waals surface area contributed by atoms with Crippen molar-refractivity contribution in [3.8, 4) is 0 Å². The van der Waals surface area contributed by atoms with E-state index in [0.29, 0.717) is 13.0 Å². The van der Waals surface area contributed by atoms with Crippen LogP contribution in [0.5, 0.6) is 0 Å². The summed E-state index contributed by atoms with van der Waals surface area (Å²) >= 11 is 0. The van der Waals surface area contributed by atoms with E-state index in [1.165, 1.54) is 16.3 Å². The molecule has 2 heterocycles. The number of anilines is 1. The monoisotopic (exact) mass is 607 g/mol. The minimum absolute atomic E-state index is 0. The first kappa shape index (κ1) is 31.9. The van der Waals surface area contributed by atoms with Gasteiger partial charge in [0.1, 0.15) is 5.76 Å². The number of amides is 1. The molecule has 0 saturated carbocycles. The molecule has 0 unspecified atom stereocenters. The maximum atomic E-state index is 13.3. The number of allylic oxidation sites excluding steroid dienone is 5. The Labute approximate surface area is 248 Å². The summed E-state index contributed by atoms with van der Waals surface area (Å²) in [4.78, 5) is 15.4. The number of hydrogen-bond donors (Lipinski definition) is 0. The molecule has 2 aliphatic carbocycles. The number of piperidine rings is 1. The topological polar surface area (TPSA) is 38.8 Å². The predicted molar refractivity (Wildman–Crippen MR) is 164 cm³/mol. The van der Waals surface area contributed by atoms with Gasteiger partial charge in [0.05, 0.1) is 21.2 Å². The van der Waals surface area contributed by atoms with Crippen LogP contribution in [0.4, 0.5) is 5.69 Å². The van der Waals surface area contributed by atoms with Crippen LogP contribution in [-0.4, -0.2) is 42.1 Å². The Morgan fingerprint density at radius 1 is 1.00 bits per heavy atom. The van der Waals surface area contributed by atoms with E-state index in [1.54, 1.807) is 7.11 Å². The molecule has 39 heavy (non-hydrogen) atoms. The fraction of sp³-hybridized carbons (Fsp3) is 0.500. The molecule has 214 valence electrons. The standard InChI is InChI=1S/C27H41NO3Si2.C5H5.Co/c1-26(2,3)33(8,9)31-17-16-27-20-12-10-11-13-21(20)28-23(29)15-14-19(24(27)28)18-22(30-4)25(27)32(5,6)7;1-2-4-5-3-1;/h10-13,18,24H,14-17H2,1-9H3;1-5H;/t24-,27-;;/m0../s1. The van der Waals surface area contributed by atoms with Gasteiger partial charge in [-0.1, -0.05) is 82.9 Å². The van der Waals surface area contributed by atoms with Crippen molar-refractivity contribution in [1.29, 1.82) is 0 Å². The number of nitrogens with zero attached hydrogens (tertiary/aromatic N) is 1. The molecule has 5 rings (SSSR count). The summed E-state index contributed by atoms with van der Waals surface area (Å²) in [6.07, 6.45) is 14.5. The zero-order valence-electron chi connectivity index (χ0n) is 25.2. The van der Waals surface area contributed by atoms with E-state index in [4.69, 9.17) is 9.16 Å². The maximum absolute atomic E-state index is 13.3. The van der Waals surface area contributed by atoms with Gasteiger partial charge in [0.25, 0.3) is 0 Å². The number of benzene rings is 1. The molecule has 1 aromatic rings. The number of rotatable bonds is 6. The summed E-state index contributed by atoms with van der Waals surface area (Å²) in [7, 11) is -1.93. The van der Waals surface area contributed by atoms with E-state index in [1.807, 2.05) is 30.7 Å². The number of ether oxygens (including phenoxy) is 1. The minimum atomic E-state index is -1.89. The van der Waals surface area contributed by atoms with Gasteiger partial charge in [-0.25, -0.2) is 0 Å². The van der Waals surface area contributed by atoms with E-state index in [2.05, 4.69) is 88.7 Å². The number of carbonyl (C=O) groups is 1. The van der Waals surface area contributed by atoms with Crippen LogP contribution < -0.4 is 4.90 Å². The van der Waals surface area contributed by atoms with Crippen LogP contribution in [0.3, 0.4) is 0 Å². The zero-order chi connectivity index (χ0) is 27.9. The number of para-hydroxylation sites is 1. The number of hydrogen-bond acceptors (Lipinski definition) is 3. The molecular weight excluding hydrogens is 561 g/mol. The summed E-state index contributed by atoms with van der Waals surface area (Å²) < 4.78 is 12.9. The van der Waals surface area contributed by atoms with Crippen LogP contribution in [0, 0.1) is 6.42 Å². The first-order valence-corrected chi connectivity index (χ1v) is 20.4. The normalized spacial score (nSPS) is 23.5. The van der Waals surface area contributed by atoms with Crippen molar-refractivity contribution in [2.45, 2.75) is 89.3 Å². The van der Waals surface area contributed by atoms with Gasteiger partial charge < -0.3 is 14.1 Å². The minimum Gasteiger partial charge on any atom is -0.497 e. The maximum Gasteiger partial charge on any atom is 0.227 e. The Hall–Kier alpha value is -1.65. The molecule has 2 atom stereocenters. The van der Waals surface area contributed by atoms with Gasteiger partial charge in [-0.3, -0.25) is 4.79 Å². The SMILES string of the molecule is COC1=C([Si](C)(C)C)[C@@]2(CCO[Si](C)(C)C(C)(C)C)c3ccccc3N3C(=O)CCC(=C1)[C@H]32.[CH]1C=CC=C1.[Co]. The fourth-order valence-corrected chi connectivity index (χ4v) is 10.0. The molecule has 2 radical (unpaired) electrons. The fourth-order valence-electron chi connectivity index (χ4n) is 6.32. The zero-order valence-corrected chi connectivity index (χ0v) is 28.2. The van der Waals surface area contributed by atoms with Gasteiger partial charge in [0.2, 0.25) is 5.91 Å². The first-order valence-electron chi connectivity index (χ1n) is 14.0. The average molecular weight is 608 g/mol. The third-order valence-corrected chi connectivity index (χ3v) is 15.6. The van der Waals surface area contributed by atoms with Gasteiger partial charge in [-0.15, -0.1) is 0 Å².